The van der Waals surface area contributed by atoms with Gasteiger partial charge >= 0.3 is 6.09 Å². The van der Waals surface area contributed by atoms with Crippen molar-refractivity contribution in [1.82, 2.24) is 5.32 Å². The largest absolute Gasteiger partial charge is 0.496 e. The SMILES string of the molecule is COc1ccc(Br)cc1CNCCOC(N)=O. The summed E-state index contributed by atoms with van der Waals surface area (Å²) in [6.07, 6.45) is -0.758. The number of rotatable bonds is 6. The third kappa shape index (κ3) is 5.06. The van der Waals surface area contributed by atoms with Crippen molar-refractivity contribution in [1.29, 1.82) is 0 Å². The van der Waals surface area contributed by atoms with Crippen LogP contribution in [0, 0.1) is 0 Å². The fourth-order valence-corrected chi connectivity index (χ4v) is 1.74. The van der Waals surface area contributed by atoms with E-state index >= 15 is 0 Å². The second kappa shape index (κ2) is 7.13. The Morgan fingerprint density at radius 2 is 2.29 bits per heavy atom. The van der Waals surface area contributed by atoms with Crippen LogP contribution in [0.15, 0.2) is 22.7 Å². The molecule has 6 heteroatoms. The lowest BCUT2D eigenvalue weighted by atomic mass is 10.2. The van der Waals surface area contributed by atoms with Crippen LogP contribution in [0.5, 0.6) is 5.75 Å². The third-order valence-corrected chi connectivity index (χ3v) is 2.57. The highest BCUT2D eigenvalue weighted by Crippen LogP contribution is 2.22. The van der Waals surface area contributed by atoms with E-state index in [4.69, 9.17) is 10.5 Å². The Bertz CT molecular complexity index is 385. The first-order chi connectivity index (χ1) is 8.13. The van der Waals surface area contributed by atoms with Crippen LogP contribution >= 0.6 is 15.9 Å². The van der Waals surface area contributed by atoms with Gasteiger partial charge in [0.15, 0.2) is 0 Å². The molecule has 0 saturated heterocycles. The molecular weight excluding hydrogens is 288 g/mol. The second-order valence-electron chi connectivity index (χ2n) is 3.30. The predicted molar refractivity (Wildman–Crippen MR) is 67.9 cm³/mol. The molecule has 1 aromatic rings. The molecule has 0 spiro atoms. The first kappa shape index (κ1) is 13.8. The van der Waals surface area contributed by atoms with Crippen molar-refractivity contribution in [3.63, 3.8) is 0 Å². The predicted octanol–water partition coefficient (Wildman–Crippen LogP) is 1.64. The van der Waals surface area contributed by atoms with Gasteiger partial charge in [-0.25, -0.2) is 4.79 Å². The van der Waals surface area contributed by atoms with Crippen LogP contribution < -0.4 is 15.8 Å². The number of hydrogen-bond acceptors (Lipinski definition) is 4. The molecule has 0 aliphatic heterocycles. The summed E-state index contributed by atoms with van der Waals surface area (Å²) in [6, 6.07) is 5.78. The molecule has 1 rings (SSSR count). The van der Waals surface area contributed by atoms with E-state index in [2.05, 4.69) is 26.0 Å². The Morgan fingerprint density at radius 3 is 2.94 bits per heavy atom. The quantitative estimate of drug-likeness (QED) is 0.784. The maximum Gasteiger partial charge on any atom is 0.404 e. The molecule has 0 saturated carbocycles. The Morgan fingerprint density at radius 1 is 1.53 bits per heavy atom. The van der Waals surface area contributed by atoms with Gasteiger partial charge in [-0.3, -0.25) is 0 Å². The number of hydrogen-bond donors (Lipinski definition) is 2. The van der Waals surface area contributed by atoms with Crippen molar-refractivity contribution in [2.45, 2.75) is 6.54 Å². The number of amides is 1. The molecule has 0 aliphatic carbocycles. The molecule has 0 aromatic heterocycles. The van der Waals surface area contributed by atoms with Gasteiger partial charge in [-0.05, 0) is 18.2 Å². The summed E-state index contributed by atoms with van der Waals surface area (Å²) < 4.78 is 10.8. The van der Waals surface area contributed by atoms with E-state index in [-0.39, 0.29) is 6.61 Å². The zero-order valence-electron chi connectivity index (χ0n) is 9.53. The van der Waals surface area contributed by atoms with Crippen LogP contribution in [0.2, 0.25) is 0 Å². The van der Waals surface area contributed by atoms with Crippen LogP contribution in [0.25, 0.3) is 0 Å². The van der Waals surface area contributed by atoms with Crippen LogP contribution in [0.4, 0.5) is 4.79 Å². The van der Waals surface area contributed by atoms with Crippen molar-refractivity contribution < 1.29 is 14.3 Å². The number of nitrogens with two attached hydrogens (primary N) is 1. The molecule has 0 fully saturated rings. The molecule has 94 valence electrons. The Balaban J connectivity index is 2.40. The highest BCUT2D eigenvalue weighted by atomic mass is 79.9. The molecule has 0 heterocycles. The van der Waals surface area contributed by atoms with Gasteiger partial charge in [-0.15, -0.1) is 0 Å². The van der Waals surface area contributed by atoms with Crippen LogP contribution in [0.1, 0.15) is 5.56 Å². The minimum absolute atomic E-state index is 0.256. The first-order valence-corrected chi connectivity index (χ1v) is 5.88. The van der Waals surface area contributed by atoms with E-state index < -0.39 is 6.09 Å². The van der Waals surface area contributed by atoms with Crippen LogP contribution in [-0.2, 0) is 11.3 Å². The molecule has 5 nitrogen and oxygen atoms in total. The van der Waals surface area contributed by atoms with Crippen molar-refractivity contribution >= 4 is 22.0 Å². The standard InChI is InChI=1S/C11H15BrN2O3/c1-16-10-3-2-9(12)6-8(10)7-14-4-5-17-11(13)15/h2-3,6,14H,4-5,7H2,1H3,(H2,13,15). The fraction of sp³-hybridized carbons (Fsp3) is 0.364. The van der Waals surface area contributed by atoms with Gasteiger partial charge in [0.1, 0.15) is 12.4 Å². The molecule has 1 amide bonds. The van der Waals surface area contributed by atoms with E-state index in [9.17, 15) is 4.79 Å². The normalized spacial score (nSPS) is 10.0. The van der Waals surface area contributed by atoms with Crippen molar-refractivity contribution in [2.75, 3.05) is 20.3 Å². The third-order valence-electron chi connectivity index (χ3n) is 2.08. The smallest absolute Gasteiger partial charge is 0.404 e. The average Bonchev–Trinajstić information content (AvgIpc) is 2.28. The fourth-order valence-electron chi connectivity index (χ4n) is 1.33. The molecule has 1 aromatic carbocycles. The monoisotopic (exact) mass is 302 g/mol. The minimum atomic E-state index is -0.758. The molecule has 17 heavy (non-hydrogen) atoms. The molecule has 0 aliphatic rings. The summed E-state index contributed by atoms with van der Waals surface area (Å²) in [5.74, 6) is 0.816. The summed E-state index contributed by atoms with van der Waals surface area (Å²) in [7, 11) is 1.63. The highest BCUT2D eigenvalue weighted by Gasteiger charge is 2.03. The summed E-state index contributed by atoms with van der Waals surface area (Å²) in [5, 5.41) is 3.13. The zero-order valence-corrected chi connectivity index (χ0v) is 11.1. The summed E-state index contributed by atoms with van der Waals surface area (Å²) >= 11 is 3.40. The molecular formula is C11H15BrN2O3. The number of primary amides is 1. The van der Waals surface area contributed by atoms with Gasteiger partial charge in [0.25, 0.3) is 0 Å². The zero-order chi connectivity index (χ0) is 12.7. The lowest BCUT2D eigenvalue weighted by molar-refractivity contribution is 0.157. The van der Waals surface area contributed by atoms with E-state index in [1.165, 1.54) is 0 Å². The molecule has 0 unspecified atom stereocenters. The molecule has 0 bridgehead atoms. The minimum Gasteiger partial charge on any atom is -0.496 e. The number of halogens is 1. The maximum absolute atomic E-state index is 10.3. The van der Waals surface area contributed by atoms with Gasteiger partial charge in [-0.1, -0.05) is 15.9 Å². The first-order valence-electron chi connectivity index (χ1n) is 5.09. The Labute approximate surface area is 108 Å². The van der Waals surface area contributed by atoms with E-state index in [0.29, 0.717) is 13.1 Å². The van der Waals surface area contributed by atoms with Gasteiger partial charge < -0.3 is 20.5 Å². The van der Waals surface area contributed by atoms with Crippen LogP contribution in [0.3, 0.4) is 0 Å². The van der Waals surface area contributed by atoms with Gasteiger partial charge in [0, 0.05) is 23.1 Å². The second-order valence-corrected chi connectivity index (χ2v) is 4.22. The average molecular weight is 303 g/mol. The number of carbonyl (C=O) groups is 1. The Kier molecular flexibility index (Phi) is 5.79. The molecule has 0 radical (unpaired) electrons. The lowest BCUT2D eigenvalue weighted by Crippen LogP contribution is -2.23. The Hall–Kier alpha value is -1.27. The van der Waals surface area contributed by atoms with E-state index in [0.717, 1.165) is 15.8 Å². The van der Waals surface area contributed by atoms with Gasteiger partial charge in [-0.2, -0.15) is 0 Å². The lowest BCUT2D eigenvalue weighted by Gasteiger charge is -2.10. The summed E-state index contributed by atoms with van der Waals surface area (Å²) in [6.45, 7) is 1.43. The van der Waals surface area contributed by atoms with Gasteiger partial charge in [0.05, 0.1) is 7.11 Å². The highest BCUT2D eigenvalue weighted by molar-refractivity contribution is 9.10. The number of methoxy groups -OCH3 is 1. The summed E-state index contributed by atoms with van der Waals surface area (Å²) in [4.78, 5) is 10.3. The maximum atomic E-state index is 10.3. The number of carbonyl (C=O) groups excluding carboxylic acids is 1. The molecule has 3 N–H and O–H groups in total. The van der Waals surface area contributed by atoms with Crippen molar-refractivity contribution in [2.24, 2.45) is 5.73 Å². The van der Waals surface area contributed by atoms with E-state index in [1.807, 2.05) is 18.2 Å². The van der Waals surface area contributed by atoms with E-state index in [1.54, 1.807) is 7.11 Å². The van der Waals surface area contributed by atoms with Gasteiger partial charge in [0.2, 0.25) is 0 Å². The van der Waals surface area contributed by atoms with Crippen molar-refractivity contribution in [3.05, 3.63) is 28.2 Å². The van der Waals surface area contributed by atoms with Crippen molar-refractivity contribution in [3.8, 4) is 5.75 Å². The number of ether oxygens (including phenoxy) is 2. The number of nitrogens with one attached hydrogen (secondary N) is 1. The summed E-state index contributed by atoms with van der Waals surface area (Å²) in [5.41, 5.74) is 5.86. The topological polar surface area (TPSA) is 73.6 Å². The molecule has 0 atom stereocenters. The van der Waals surface area contributed by atoms with Crippen LogP contribution in [-0.4, -0.2) is 26.4 Å². The number of benzene rings is 1.